The van der Waals surface area contributed by atoms with Gasteiger partial charge >= 0.3 is 5.69 Å². The Bertz CT molecular complexity index is 888. The molecule has 8 nitrogen and oxygen atoms in total. The third-order valence-electron chi connectivity index (χ3n) is 4.79. The molecule has 3 heterocycles. The van der Waals surface area contributed by atoms with Crippen LogP contribution in [0.3, 0.4) is 0 Å². The molecule has 1 saturated heterocycles. The van der Waals surface area contributed by atoms with Crippen LogP contribution in [0.4, 0.5) is 0 Å². The van der Waals surface area contributed by atoms with E-state index in [4.69, 9.17) is 0 Å². The number of aromatic amines is 1. The fourth-order valence-corrected chi connectivity index (χ4v) is 3.44. The number of nitrogens with one attached hydrogen (secondary N) is 1. The first kappa shape index (κ1) is 18.1. The fraction of sp³-hybridized carbons (Fsp3) is 0.444. The Morgan fingerprint density at radius 2 is 2.23 bits per heavy atom. The van der Waals surface area contributed by atoms with E-state index in [1.807, 2.05) is 12.1 Å². The molecule has 1 aliphatic heterocycles. The number of carbonyl (C=O) groups excluding carboxylic acids is 1. The van der Waals surface area contributed by atoms with E-state index in [-0.39, 0.29) is 12.5 Å². The summed E-state index contributed by atoms with van der Waals surface area (Å²) >= 11 is 0. The van der Waals surface area contributed by atoms with E-state index in [0.29, 0.717) is 25.8 Å². The molecular formula is C18H22N4O4. The smallest absolute Gasteiger partial charge is 0.328 e. The second-order valence-electron chi connectivity index (χ2n) is 6.86. The van der Waals surface area contributed by atoms with E-state index in [2.05, 4.69) is 9.97 Å². The van der Waals surface area contributed by atoms with Gasteiger partial charge in [-0.2, -0.15) is 0 Å². The molecule has 3 rings (SSSR count). The van der Waals surface area contributed by atoms with Crippen LogP contribution in [-0.4, -0.2) is 49.1 Å². The van der Waals surface area contributed by atoms with E-state index in [9.17, 15) is 19.5 Å². The van der Waals surface area contributed by atoms with Crippen molar-refractivity contribution in [3.8, 4) is 0 Å². The van der Waals surface area contributed by atoms with Crippen molar-refractivity contribution in [1.82, 2.24) is 19.4 Å². The first-order valence-electron chi connectivity index (χ1n) is 8.57. The number of likely N-dealkylation sites (tertiary alicyclic amines) is 1. The topological polar surface area (TPSA) is 108 Å². The Kier molecular flexibility index (Phi) is 5.03. The van der Waals surface area contributed by atoms with Gasteiger partial charge in [0.25, 0.3) is 5.56 Å². The number of amides is 1. The first-order valence-corrected chi connectivity index (χ1v) is 8.57. The molecule has 0 radical (unpaired) electrons. The van der Waals surface area contributed by atoms with Crippen LogP contribution >= 0.6 is 0 Å². The lowest BCUT2D eigenvalue weighted by Gasteiger charge is -2.43. The number of aliphatic hydroxyl groups is 1. The van der Waals surface area contributed by atoms with Crippen LogP contribution in [0.15, 0.2) is 46.4 Å². The normalized spacial score (nSPS) is 23.0. The van der Waals surface area contributed by atoms with Crippen molar-refractivity contribution in [3.63, 3.8) is 0 Å². The van der Waals surface area contributed by atoms with Gasteiger partial charge in [0, 0.05) is 37.6 Å². The number of aromatic nitrogens is 3. The number of aryl methyl sites for hydroxylation is 1. The Morgan fingerprint density at radius 3 is 2.88 bits per heavy atom. The van der Waals surface area contributed by atoms with E-state index >= 15 is 0 Å². The van der Waals surface area contributed by atoms with Crippen LogP contribution in [0.5, 0.6) is 0 Å². The maximum atomic E-state index is 12.5. The maximum absolute atomic E-state index is 12.5. The van der Waals surface area contributed by atoms with Crippen LogP contribution < -0.4 is 11.2 Å². The van der Waals surface area contributed by atoms with E-state index in [0.717, 1.165) is 5.56 Å². The number of hydrogen-bond acceptors (Lipinski definition) is 5. The summed E-state index contributed by atoms with van der Waals surface area (Å²) in [5, 5.41) is 10.8. The minimum absolute atomic E-state index is 0.0404. The lowest BCUT2D eigenvalue weighted by Crippen LogP contribution is -2.56. The lowest BCUT2D eigenvalue weighted by atomic mass is 9.88. The summed E-state index contributed by atoms with van der Waals surface area (Å²) in [5.41, 5.74) is -1.32. The second-order valence-corrected chi connectivity index (χ2v) is 6.86. The summed E-state index contributed by atoms with van der Waals surface area (Å²) in [6.07, 6.45) is 6.17. The van der Waals surface area contributed by atoms with Crippen LogP contribution in [-0.2, 0) is 11.2 Å². The van der Waals surface area contributed by atoms with Gasteiger partial charge in [-0.1, -0.05) is 6.07 Å². The molecule has 138 valence electrons. The van der Waals surface area contributed by atoms with Gasteiger partial charge in [-0.15, -0.1) is 0 Å². The molecule has 2 aromatic heterocycles. The average Bonchev–Trinajstić information content (AvgIpc) is 2.60. The van der Waals surface area contributed by atoms with Gasteiger partial charge in [0.15, 0.2) is 0 Å². The largest absolute Gasteiger partial charge is 0.386 e. The number of H-pyrrole nitrogens is 1. The fourth-order valence-electron chi connectivity index (χ4n) is 3.44. The number of hydrogen-bond donors (Lipinski definition) is 2. The number of rotatable bonds is 4. The van der Waals surface area contributed by atoms with Crippen molar-refractivity contribution in [2.45, 2.75) is 37.8 Å². The number of β-amino-alcohol motifs (C(OH)–C–C–N with tert-alkyl or cyclic N) is 1. The SMILES string of the molecule is C[C@@]1(O)CN(C(=O)CCc2cccnc2)CC[C@H]1n1ccc(=O)[nH]c1=O. The van der Waals surface area contributed by atoms with Crippen LogP contribution in [0.1, 0.15) is 31.4 Å². The minimum Gasteiger partial charge on any atom is -0.386 e. The Balaban J connectivity index is 1.67. The predicted molar refractivity (Wildman–Crippen MR) is 94.7 cm³/mol. The highest BCUT2D eigenvalue weighted by Crippen LogP contribution is 2.30. The molecule has 26 heavy (non-hydrogen) atoms. The zero-order valence-corrected chi connectivity index (χ0v) is 14.6. The monoisotopic (exact) mass is 358 g/mol. The summed E-state index contributed by atoms with van der Waals surface area (Å²) in [6, 6.07) is 4.50. The highest BCUT2D eigenvalue weighted by Gasteiger charge is 2.40. The molecule has 0 saturated carbocycles. The average molecular weight is 358 g/mol. The van der Waals surface area contributed by atoms with Crippen molar-refractivity contribution in [2.75, 3.05) is 13.1 Å². The molecule has 0 spiro atoms. The van der Waals surface area contributed by atoms with Gasteiger partial charge in [0.05, 0.1) is 12.6 Å². The number of carbonyl (C=O) groups is 1. The van der Waals surface area contributed by atoms with Crippen LogP contribution in [0.2, 0.25) is 0 Å². The van der Waals surface area contributed by atoms with Crippen LogP contribution in [0.25, 0.3) is 0 Å². The number of pyridine rings is 1. The molecule has 1 aliphatic rings. The maximum Gasteiger partial charge on any atom is 0.328 e. The second kappa shape index (κ2) is 7.25. The molecule has 2 atom stereocenters. The molecule has 2 N–H and O–H groups in total. The van der Waals surface area contributed by atoms with Crippen LogP contribution in [0, 0.1) is 0 Å². The third-order valence-corrected chi connectivity index (χ3v) is 4.79. The zero-order chi connectivity index (χ0) is 18.7. The van der Waals surface area contributed by atoms with E-state index < -0.39 is 22.9 Å². The van der Waals surface area contributed by atoms with E-state index in [1.54, 1.807) is 24.2 Å². The lowest BCUT2D eigenvalue weighted by molar-refractivity contribution is -0.140. The van der Waals surface area contributed by atoms with Crippen molar-refractivity contribution in [2.24, 2.45) is 0 Å². The van der Waals surface area contributed by atoms with Gasteiger partial charge in [-0.3, -0.25) is 24.1 Å². The predicted octanol–water partition coefficient (Wildman–Crippen LogP) is 0.0888. The molecule has 0 bridgehead atoms. The molecule has 0 unspecified atom stereocenters. The Morgan fingerprint density at radius 1 is 1.42 bits per heavy atom. The third kappa shape index (κ3) is 3.91. The Labute approximate surface area is 150 Å². The van der Waals surface area contributed by atoms with Crippen molar-refractivity contribution in [1.29, 1.82) is 0 Å². The standard InChI is InChI=1S/C18H22N4O4/c1-18(26)12-21(16(24)5-4-13-3-2-8-19-11-13)9-6-14(18)22-10-7-15(23)20-17(22)25/h2-3,7-8,10-11,14,26H,4-6,9,12H2,1H3,(H,20,23,25)/t14-,18-/m1/s1. The summed E-state index contributed by atoms with van der Waals surface area (Å²) in [5.74, 6) is -0.0404. The van der Waals surface area contributed by atoms with Crippen molar-refractivity contribution < 1.29 is 9.90 Å². The van der Waals surface area contributed by atoms with Gasteiger partial charge in [0.1, 0.15) is 5.60 Å². The number of nitrogens with zero attached hydrogens (tertiary/aromatic N) is 3. The molecule has 8 heteroatoms. The molecular weight excluding hydrogens is 336 g/mol. The van der Waals surface area contributed by atoms with Gasteiger partial charge in [-0.05, 0) is 31.4 Å². The first-order chi connectivity index (χ1) is 12.4. The quantitative estimate of drug-likeness (QED) is 0.805. The van der Waals surface area contributed by atoms with Crippen molar-refractivity contribution >= 4 is 5.91 Å². The Hall–Kier alpha value is -2.74. The van der Waals surface area contributed by atoms with Crippen molar-refractivity contribution in [3.05, 3.63) is 63.2 Å². The molecule has 0 aliphatic carbocycles. The highest BCUT2D eigenvalue weighted by atomic mass is 16.3. The molecule has 1 amide bonds. The van der Waals surface area contributed by atoms with Gasteiger partial charge in [0.2, 0.25) is 5.91 Å². The summed E-state index contributed by atoms with van der Waals surface area (Å²) in [7, 11) is 0. The molecule has 2 aromatic rings. The van der Waals surface area contributed by atoms with Gasteiger partial charge < -0.3 is 10.0 Å². The summed E-state index contributed by atoms with van der Waals surface area (Å²) in [6.45, 7) is 2.18. The van der Waals surface area contributed by atoms with E-state index in [1.165, 1.54) is 16.8 Å². The zero-order valence-electron chi connectivity index (χ0n) is 14.6. The summed E-state index contributed by atoms with van der Waals surface area (Å²) < 4.78 is 1.33. The molecule has 0 aromatic carbocycles. The summed E-state index contributed by atoms with van der Waals surface area (Å²) in [4.78, 5) is 43.6. The van der Waals surface area contributed by atoms with Gasteiger partial charge in [-0.25, -0.2) is 4.79 Å². The number of piperidine rings is 1. The highest BCUT2D eigenvalue weighted by molar-refractivity contribution is 5.76. The molecule has 1 fully saturated rings. The minimum atomic E-state index is -1.27.